The first-order chi connectivity index (χ1) is 12.3. The number of hydrogen-bond acceptors (Lipinski definition) is 6. The monoisotopic (exact) mass is 376 g/mol. The Hall–Kier alpha value is -3.27. The summed E-state index contributed by atoms with van der Waals surface area (Å²) in [6.07, 6.45) is 0. The molecule has 11 heteroatoms. The molecule has 0 spiro atoms. The van der Waals surface area contributed by atoms with E-state index in [4.69, 9.17) is 11.6 Å². The van der Waals surface area contributed by atoms with Crippen LogP contribution in [-0.4, -0.2) is 30.3 Å². The minimum Gasteiger partial charge on any atom is -0.358 e. The molecule has 0 saturated heterocycles. The van der Waals surface area contributed by atoms with Crippen molar-refractivity contribution in [2.24, 2.45) is 0 Å². The second kappa shape index (κ2) is 6.56. The molecule has 1 aromatic carbocycles. The molecule has 0 fully saturated rings. The summed E-state index contributed by atoms with van der Waals surface area (Å²) in [5, 5.41) is 14.8. The molecule has 1 amide bonds. The molecule has 0 saturated carbocycles. The van der Waals surface area contributed by atoms with E-state index in [1.165, 1.54) is 6.92 Å². The van der Waals surface area contributed by atoms with Crippen molar-refractivity contribution in [3.8, 4) is 0 Å². The molecule has 0 bridgehead atoms. The zero-order valence-electron chi connectivity index (χ0n) is 13.8. The maximum absolute atomic E-state index is 12.5. The van der Waals surface area contributed by atoms with Crippen molar-refractivity contribution in [1.29, 1.82) is 0 Å². The Morgan fingerprint density at radius 3 is 2.69 bits per heavy atom. The van der Waals surface area contributed by atoms with Gasteiger partial charge in [-0.05, 0) is 30.9 Å². The summed E-state index contributed by atoms with van der Waals surface area (Å²) in [5.41, 5.74) is 2.80. The first-order valence-corrected chi connectivity index (χ1v) is 7.83. The molecule has 3 aromatic rings. The molecule has 2 aromatic heterocycles. The number of benzene rings is 1. The van der Waals surface area contributed by atoms with Gasteiger partial charge in [0.1, 0.15) is 12.4 Å². The molecular formula is C15H13ClN6O4. The molecule has 0 aliphatic rings. The maximum Gasteiger partial charge on any atom is 0.408 e. The second-order valence-corrected chi connectivity index (χ2v) is 5.87. The van der Waals surface area contributed by atoms with E-state index < -0.39 is 22.2 Å². The Kier molecular flexibility index (Phi) is 4.43. The van der Waals surface area contributed by atoms with Crippen LogP contribution < -0.4 is 11.0 Å². The molecule has 0 unspecified atom stereocenters. The zero-order valence-corrected chi connectivity index (χ0v) is 14.5. The largest absolute Gasteiger partial charge is 0.408 e. The fourth-order valence-electron chi connectivity index (χ4n) is 2.45. The molecular weight excluding hydrogens is 364 g/mol. The number of para-hydroxylation sites is 1. The summed E-state index contributed by atoms with van der Waals surface area (Å²) in [4.78, 5) is 39.2. The number of fused-ring (bicyclic) bond motifs is 1. The Morgan fingerprint density at radius 1 is 1.35 bits per heavy atom. The van der Waals surface area contributed by atoms with Crippen molar-refractivity contribution in [2.75, 3.05) is 5.43 Å². The summed E-state index contributed by atoms with van der Waals surface area (Å²) in [6, 6.07) is 6.76. The highest BCUT2D eigenvalue weighted by molar-refractivity contribution is 6.33. The van der Waals surface area contributed by atoms with Gasteiger partial charge in [0.2, 0.25) is 0 Å². The van der Waals surface area contributed by atoms with E-state index in [1.807, 2.05) is 0 Å². The van der Waals surface area contributed by atoms with Gasteiger partial charge in [0.15, 0.2) is 5.02 Å². The first kappa shape index (κ1) is 17.5. The number of rotatable bonds is 4. The third-order valence-electron chi connectivity index (χ3n) is 3.76. The van der Waals surface area contributed by atoms with E-state index in [2.05, 4.69) is 15.5 Å². The van der Waals surface area contributed by atoms with Gasteiger partial charge in [-0.2, -0.15) is 4.68 Å². The zero-order chi connectivity index (χ0) is 19.0. The number of carbonyl (C=O) groups is 1. The minimum atomic E-state index is -0.731. The van der Waals surface area contributed by atoms with Gasteiger partial charge in [0.25, 0.3) is 11.5 Å². The van der Waals surface area contributed by atoms with Gasteiger partial charge in [0.05, 0.1) is 21.7 Å². The molecule has 0 aliphatic carbocycles. The highest BCUT2D eigenvalue weighted by atomic mass is 35.5. The number of halogens is 1. The smallest absolute Gasteiger partial charge is 0.358 e. The quantitative estimate of drug-likeness (QED) is 0.544. The second-order valence-electron chi connectivity index (χ2n) is 5.49. The van der Waals surface area contributed by atoms with Crippen molar-refractivity contribution >= 4 is 34.2 Å². The maximum atomic E-state index is 12.5. The Morgan fingerprint density at radius 2 is 2.04 bits per heavy atom. The first-order valence-electron chi connectivity index (χ1n) is 7.45. The summed E-state index contributed by atoms with van der Waals surface area (Å²) in [6.45, 7) is 2.73. The van der Waals surface area contributed by atoms with Gasteiger partial charge in [-0.15, -0.1) is 0 Å². The highest BCUT2D eigenvalue weighted by Crippen LogP contribution is 2.26. The predicted octanol–water partition coefficient (Wildman–Crippen LogP) is 1.54. The van der Waals surface area contributed by atoms with Crippen LogP contribution in [0.5, 0.6) is 0 Å². The van der Waals surface area contributed by atoms with Crippen LogP contribution >= 0.6 is 11.6 Å². The SMILES string of the molecule is Cc1c(Cl)c([N+](=O)[O-])nn1CC(=O)Nn1c(C)nc2ccccc2c1=O. The topological polar surface area (TPSA) is 125 Å². The van der Waals surface area contributed by atoms with Crippen LogP contribution in [0, 0.1) is 24.0 Å². The molecule has 3 rings (SSSR count). The van der Waals surface area contributed by atoms with Gasteiger partial charge >= 0.3 is 5.82 Å². The van der Waals surface area contributed by atoms with Crippen LogP contribution in [0.25, 0.3) is 10.9 Å². The number of hydrogen-bond donors (Lipinski definition) is 1. The summed E-state index contributed by atoms with van der Waals surface area (Å²) in [7, 11) is 0. The molecule has 0 radical (unpaired) electrons. The normalized spacial score (nSPS) is 10.9. The van der Waals surface area contributed by atoms with E-state index in [9.17, 15) is 19.7 Å². The van der Waals surface area contributed by atoms with Gasteiger partial charge in [-0.25, -0.2) is 9.66 Å². The number of amides is 1. The molecule has 134 valence electrons. The molecule has 10 nitrogen and oxygen atoms in total. The van der Waals surface area contributed by atoms with Gasteiger partial charge in [-0.3, -0.25) is 15.0 Å². The van der Waals surface area contributed by atoms with Crippen molar-refractivity contribution in [1.82, 2.24) is 19.4 Å². The summed E-state index contributed by atoms with van der Waals surface area (Å²) < 4.78 is 2.13. The third kappa shape index (κ3) is 3.02. The van der Waals surface area contributed by atoms with E-state index in [0.717, 1.165) is 9.36 Å². The lowest BCUT2D eigenvalue weighted by Gasteiger charge is -2.11. The van der Waals surface area contributed by atoms with Gasteiger partial charge in [0, 0.05) is 0 Å². The molecule has 2 heterocycles. The van der Waals surface area contributed by atoms with E-state index in [1.54, 1.807) is 31.2 Å². The van der Waals surface area contributed by atoms with Gasteiger partial charge in [-0.1, -0.05) is 23.7 Å². The van der Waals surface area contributed by atoms with Crippen molar-refractivity contribution in [3.63, 3.8) is 0 Å². The lowest BCUT2D eigenvalue weighted by Crippen LogP contribution is -2.37. The Balaban J connectivity index is 1.90. The Bertz CT molecular complexity index is 1100. The van der Waals surface area contributed by atoms with E-state index in [-0.39, 0.29) is 17.3 Å². The number of aromatic nitrogens is 4. The van der Waals surface area contributed by atoms with Crippen molar-refractivity contribution < 1.29 is 9.72 Å². The third-order valence-corrected chi connectivity index (χ3v) is 4.21. The van der Waals surface area contributed by atoms with E-state index >= 15 is 0 Å². The van der Waals surface area contributed by atoms with Crippen LogP contribution in [0.4, 0.5) is 5.82 Å². The van der Waals surface area contributed by atoms with Crippen LogP contribution in [-0.2, 0) is 11.3 Å². The molecule has 1 N–H and O–H groups in total. The average Bonchev–Trinajstić information content (AvgIpc) is 2.87. The number of aryl methyl sites for hydroxylation is 1. The Labute approximate surface area is 151 Å². The van der Waals surface area contributed by atoms with E-state index in [0.29, 0.717) is 16.7 Å². The average molecular weight is 377 g/mol. The van der Waals surface area contributed by atoms with Crippen molar-refractivity contribution in [2.45, 2.75) is 20.4 Å². The fourth-order valence-corrected chi connectivity index (χ4v) is 2.65. The van der Waals surface area contributed by atoms with Crippen molar-refractivity contribution in [3.05, 3.63) is 61.3 Å². The lowest BCUT2D eigenvalue weighted by atomic mass is 10.2. The number of nitro groups is 1. The fraction of sp³-hybridized carbons (Fsp3) is 0.200. The molecule has 0 aliphatic heterocycles. The van der Waals surface area contributed by atoms with Crippen LogP contribution in [0.3, 0.4) is 0 Å². The van der Waals surface area contributed by atoms with Crippen LogP contribution in [0.1, 0.15) is 11.5 Å². The van der Waals surface area contributed by atoms with Gasteiger partial charge < -0.3 is 10.1 Å². The summed E-state index contributed by atoms with van der Waals surface area (Å²) in [5.74, 6) is -0.842. The van der Waals surface area contributed by atoms with Crippen LogP contribution in [0.15, 0.2) is 29.1 Å². The lowest BCUT2D eigenvalue weighted by molar-refractivity contribution is -0.389. The minimum absolute atomic E-state index is 0.136. The number of carbonyl (C=O) groups excluding carboxylic acids is 1. The molecule has 0 atom stereocenters. The summed E-state index contributed by atoms with van der Waals surface area (Å²) >= 11 is 5.85. The van der Waals surface area contributed by atoms with Crippen LogP contribution in [0.2, 0.25) is 5.02 Å². The highest BCUT2D eigenvalue weighted by Gasteiger charge is 2.25. The molecule has 26 heavy (non-hydrogen) atoms. The number of nitrogens with zero attached hydrogens (tertiary/aromatic N) is 5. The standard InChI is InChI=1S/C15H13ClN6O4/c1-8-13(16)14(22(25)26)19-20(8)7-12(23)18-21-9(2)17-11-6-4-3-5-10(11)15(21)24/h3-6H,7H2,1-2H3,(H,18,23). The predicted molar refractivity (Wildman–Crippen MR) is 93.7 cm³/mol. The number of nitrogens with one attached hydrogen (secondary N) is 1.